The van der Waals surface area contributed by atoms with E-state index in [0.717, 1.165) is 0 Å². The quantitative estimate of drug-likeness (QED) is 0.465. The third kappa shape index (κ3) is 3.38. The van der Waals surface area contributed by atoms with Crippen LogP contribution >= 0.6 is 0 Å². The van der Waals surface area contributed by atoms with Crippen molar-refractivity contribution in [2.45, 2.75) is 0 Å². The molecular weight excluding hydrogens is 368 g/mol. The summed E-state index contributed by atoms with van der Waals surface area (Å²) in [5, 5.41) is 0.322. The Morgan fingerprint density at radius 2 is 1.48 bits per heavy atom. The van der Waals surface area contributed by atoms with Crippen LogP contribution in [-0.4, -0.2) is 20.0 Å². The third-order valence-corrected chi connectivity index (χ3v) is 4.71. The number of methoxy groups -OCH3 is 2. The Kier molecular flexibility index (Phi) is 4.87. The molecule has 0 saturated heterocycles. The minimum atomic E-state index is -0.386. The molecule has 4 aromatic rings. The van der Waals surface area contributed by atoms with Crippen molar-refractivity contribution in [1.82, 2.24) is 0 Å². The Labute approximate surface area is 167 Å². The maximum Gasteiger partial charge on any atom is 0.204 e. The first-order valence-corrected chi connectivity index (χ1v) is 9.01. The summed E-state index contributed by atoms with van der Waals surface area (Å²) < 4.78 is 16.5. The summed E-state index contributed by atoms with van der Waals surface area (Å²) in [4.78, 5) is 26.6. The predicted molar refractivity (Wildman–Crippen MR) is 111 cm³/mol. The Morgan fingerprint density at radius 1 is 0.828 bits per heavy atom. The zero-order chi connectivity index (χ0) is 20.4. The molecule has 0 spiro atoms. The van der Waals surface area contributed by atoms with Crippen molar-refractivity contribution in [1.29, 1.82) is 0 Å². The van der Waals surface area contributed by atoms with Crippen molar-refractivity contribution in [3.63, 3.8) is 0 Å². The van der Waals surface area contributed by atoms with E-state index in [0.29, 0.717) is 33.6 Å². The van der Waals surface area contributed by atoms with Gasteiger partial charge in [0.2, 0.25) is 11.2 Å². The fraction of sp³-hybridized carbons (Fsp3) is 0.0833. The molecular formula is C24H18O5. The molecule has 5 nitrogen and oxygen atoms in total. The Bertz CT molecular complexity index is 1240. The van der Waals surface area contributed by atoms with Crippen LogP contribution in [0.4, 0.5) is 0 Å². The van der Waals surface area contributed by atoms with Crippen LogP contribution in [0.1, 0.15) is 15.9 Å². The number of ketones is 1. The van der Waals surface area contributed by atoms with Crippen LogP contribution in [0.15, 0.2) is 82.0 Å². The Hall–Kier alpha value is -3.86. The topological polar surface area (TPSA) is 65.7 Å². The highest BCUT2D eigenvalue weighted by Crippen LogP contribution is 2.30. The van der Waals surface area contributed by atoms with Gasteiger partial charge in [-0.3, -0.25) is 9.59 Å². The summed E-state index contributed by atoms with van der Waals surface area (Å²) in [7, 11) is 3.11. The summed E-state index contributed by atoms with van der Waals surface area (Å²) in [5.41, 5.74) is 0.992. The molecule has 0 radical (unpaired) electrons. The molecule has 144 valence electrons. The van der Waals surface area contributed by atoms with Crippen LogP contribution in [0, 0.1) is 0 Å². The van der Waals surface area contributed by atoms with Gasteiger partial charge in [-0.15, -0.1) is 0 Å². The Morgan fingerprint density at radius 3 is 2.14 bits per heavy atom. The highest BCUT2D eigenvalue weighted by molar-refractivity contribution is 6.13. The van der Waals surface area contributed by atoms with E-state index in [1.807, 2.05) is 6.07 Å². The molecule has 29 heavy (non-hydrogen) atoms. The molecule has 0 amide bonds. The van der Waals surface area contributed by atoms with Crippen LogP contribution in [0.2, 0.25) is 0 Å². The third-order valence-electron chi connectivity index (χ3n) is 4.71. The highest BCUT2D eigenvalue weighted by atomic mass is 16.5. The van der Waals surface area contributed by atoms with Gasteiger partial charge in [-0.25, -0.2) is 0 Å². The van der Waals surface area contributed by atoms with Crippen molar-refractivity contribution in [3.05, 3.63) is 94.1 Å². The fourth-order valence-electron chi connectivity index (χ4n) is 3.19. The normalized spacial score (nSPS) is 10.7. The van der Waals surface area contributed by atoms with Crippen molar-refractivity contribution in [3.8, 4) is 22.8 Å². The van der Waals surface area contributed by atoms with E-state index >= 15 is 0 Å². The first kappa shape index (κ1) is 18.5. The van der Waals surface area contributed by atoms with Crippen molar-refractivity contribution in [2.24, 2.45) is 0 Å². The SMILES string of the molecule is COc1ccc(-c2oc3cc(OC)ccc3c(=O)c2C(=O)c2ccccc2)cc1. The Balaban J connectivity index is 2.01. The van der Waals surface area contributed by atoms with Gasteiger partial charge in [-0.2, -0.15) is 0 Å². The van der Waals surface area contributed by atoms with Crippen molar-refractivity contribution < 1.29 is 18.7 Å². The minimum Gasteiger partial charge on any atom is -0.497 e. The van der Waals surface area contributed by atoms with Crippen LogP contribution in [0.25, 0.3) is 22.3 Å². The van der Waals surface area contributed by atoms with Gasteiger partial charge in [0, 0.05) is 17.2 Å². The van der Waals surface area contributed by atoms with E-state index in [2.05, 4.69) is 0 Å². The number of hydrogen-bond donors (Lipinski definition) is 0. The van der Waals surface area contributed by atoms with Gasteiger partial charge in [0.1, 0.15) is 28.4 Å². The lowest BCUT2D eigenvalue weighted by Crippen LogP contribution is -2.18. The number of fused-ring (bicyclic) bond motifs is 1. The van der Waals surface area contributed by atoms with E-state index in [9.17, 15) is 9.59 Å². The molecule has 4 rings (SSSR count). The second kappa shape index (κ2) is 7.64. The van der Waals surface area contributed by atoms with Crippen molar-refractivity contribution >= 4 is 16.8 Å². The highest BCUT2D eigenvalue weighted by Gasteiger charge is 2.23. The minimum absolute atomic E-state index is 0.000895. The zero-order valence-electron chi connectivity index (χ0n) is 16.0. The number of benzene rings is 3. The molecule has 0 fully saturated rings. The van der Waals surface area contributed by atoms with Crippen LogP contribution in [0.5, 0.6) is 11.5 Å². The molecule has 0 aliphatic rings. The maximum atomic E-state index is 13.3. The lowest BCUT2D eigenvalue weighted by molar-refractivity contribution is 0.103. The summed E-state index contributed by atoms with van der Waals surface area (Å²) >= 11 is 0. The average Bonchev–Trinajstić information content (AvgIpc) is 2.78. The molecule has 0 atom stereocenters. The molecule has 0 N–H and O–H groups in total. The summed E-state index contributed by atoms with van der Waals surface area (Å²) in [6, 6.07) is 20.6. The summed E-state index contributed by atoms with van der Waals surface area (Å²) in [6.07, 6.45) is 0. The molecule has 3 aromatic carbocycles. The smallest absolute Gasteiger partial charge is 0.204 e. The number of carbonyl (C=O) groups excluding carboxylic acids is 1. The molecule has 0 unspecified atom stereocenters. The van der Waals surface area contributed by atoms with Gasteiger partial charge in [0.05, 0.1) is 19.6 Å². The van der Waals surface area contributed by atoms with Gasteiger partial charge in [0.25, 0.3) is 0 Å². The van der Waals surface area contributed by atoms with E-state index in [-0.39, 0.29) is 22.5 Å². The largest absolute Gasteiger partial charge is 0.497 e. The van der Waals surface area contributed by atoms with Gasteiger partial charge in [-0.1, -0.05) is 30.3 Å². The second-order valence-electron chi connectivity index (χ2n) is 6.42. The molecule has 0 saturated carbocycles. The molecule has 1 heterocycles. The molecule has 0 aliphatic carbocycles. The lowest BCUT2D eigenvalue weighted by atomic mass is 9.97. The summed E-state index contributed by atoms with van der Waals surface area (Å²) in [6.45, 7) is 0. The number of ether oxygens (including phenoxy) is 2. The maximum absolute atomic E-state index is 13.3. The van der Waals surface area contributed by atoms with Gasteiger partial charge >= 0.3 is 0 Å². The fourth-order valence-corrected chi connectivity index (χ4v) is 3.19. The van der Waals surface area contributed by atoms with E-state index in [1.54, 1.807) is 73.8 Å². The van der Waals surface area contributed by atoms with Crippen molar-refractivity contribution in [2.75, 3.05) is 14.2 Å². The molecule has 5 heteroatoms. The van der Waals surface area contributed by atoms with E-state index in [4.69, 9.17) is 13.9 Å². The van der Waals surface area contributed by atoms with E-state index in [1.165, 1.54) is 7.11 Å². The first-order valence-electron chi connectivity index (χ1n) is 9.01. The monoisotopic (exact) mass is 386 g/mol. The second-order valence-corrected chi connectivity index (χ2v) is 6.42. The summed E-state index contributed by atoms with van der Waals surface area (Å²) in [5.74, 6) is 1.05. The lowest BCUT2D eigenvalue weighted by Gasteiger charge is -2.11. The van der Waals surface area contributed by atoms with Crippen LogP contribution < -0.4 is 14.9 Å². The first-order chi connectivity index (χ1) is 14.1. The van der Waals surface area contributed by atoms with E-state index < -0.39 is 0 Å². The van der Waals surface area contributed by atoms with Crippen LogP contribution in [0.3, 0.4) is 0 Å². The van der Waals surface area contributed by atoms with Gasteiger partial charge in [0.15, 0.2) is 0 Å². The zero-order valence-corrected chi connectivity index (χ0v) is 16.0. The molecule has 1 aromatic heterocycles. The van der Waals surface area contributed by atoms with Crippen LogP contribution in [-0.2, 0) is 0 Å². The number of rotatable bonds is 5. The standard InChI is InChI=1S/C24H18O5/c1-27-17-10-8-16(9-11-17)24-21(22(25)15-6-4-3-5-7-15)23(26)19-13-12-18(28-2)14-20(19)29-24/h3-14H,1-2H3. The average molecular weight is 386 g/mol. The van der Waals surface area contributed by atoms with Gasteiger partial charge in [-0.05, 0) is 36.4 Å². The molecule has 0 bridgehead atoms. The number of hydrogen-bond acceptors (Lipinski definition) is 5. The molecule has 0 aliphatic heterocycles. The number of carbonyl (C=O) groups is 1. The predicted octanol–water partition coefficient (Wildman–Crippen LogP) is 4.71. The van der Waals surface area contributed by atoms with Gasteiger partial charge < -0.3 is 13.9 Å².